The number of carbonyl (C=O) groups is 2. The molecule has 0 saturated heterocycles. The molecule has 1 aromatic carbocycles. The quantitative estimate of drug-likeness (QED) is 0.899. The highest BCUT2D eigenvalue weighted by atomic mass is 19.2. The van der Waals surface area contributed by atoms with Crippen LogP contribution in [0.1, 0.15) is 34.1 Å². The van der Waals surface area contributed by atoms with Crippen molar-refractivity contribution in [3.63, 3.8) is 0 Å². The lowest BCUT2D eigenvalue weighted by Crippen LogP contribution is -2.29. The SMILES string of the molecule is CCCN(C)C(=O)c1cc(F)c(F)cc1C(=O)O. The molecule has 0 aliphatic heterocycles. The van der Waals surface area contributed by atoms with Gasteiger partial charge in [-0.2, -0.15) is 0 Å². The van der Waals surface area contributed by atoms with Gasteiger partial charge in [-0.15, -0.1) is 0 Å². The molecule has 0 saturated carbocycles. The second-order valence-electron chi connectivity index (χ2n) is 3.84. The smallest absolute Gasteiger partial charge is 0.336 e. The number of carboxylic acid groups (broad SMARTS) is 1. The summed E-state index contributed by atoms with van der Waals surface area (Å²) in [7, 11) is 1.47. The topological polar surface area (TPSA) is 57.6 Å². The van der Waals surface area contributed by atoms with Crippen molar-refractivity contribution in [1.29, 1.82) is 0 Å². The summed E-state index contributed by atoms with van der Waals surface area (Å²) >= 11 is 0. The van der Waals surface area contributed by atoms with Gasteiger partial charge in [0.2, 0.25) is 0 Å². The van der Waals surface area contributed by atoms with Crippen LogP contribution in [-0.2, 0) is 0 Å². The zero-order valence-electron chi connectivity index (χ0n) is 10.0. The maximum absolute atomic E-state index is 13.1. The van der Waals surface area contributed by atoms with Crippen molar-refractivity contribution in [2.45, 2.75) is 13.3 Å². The number of halogens is 2. The van der Waals surface area contributed by atoms with E-state index in [4.69, 9.17) is 5.11 Å². The van der Waals surface area contributed by atoms with Gasteiger partial charge in [-0.1, -0.05) is 6.92 Å². The summed E-state index contributed by atoms with van der Waals surface area (Å²) in [4.78, 5) is 24.1. The van der Waals surface area contributed by atoms with Crippen LogP contribution in [0.25, 0.3) is 0 Å². The van der Waals surface area contributed by atoms with E-state index < -0.39 is 29.1 Å². The number of hydrogen-bond acceptors (Lipinski definition) is 2. The third kappa shape index (κ3) is 2.82. The van der Waals surface area contributed by atoms with E-state index in [0.717, 1.165) is 0 Å². The number of carbonyl (C=O) groups excluding carboxylic acids is 1. The van der Waals surface area contributed by atoms with Gasteiger partial charge in [-0.25, -0.2) is 13.6 Å². The molecule has 1 N–H and O–H groups in total. The third-order valence-corrected chi connectivity index (χ3v) is 2.43. The molecule has 0 aromatic heterocycles. The van der Waals surface area contributed by atoms with Gasteiger partial charge in [0, 0.05) is 13.6 Å². The summed E-state index contributed by atoms with van der Waals surface area (Å²) in [6.07, 6.45) is 0.675. The largest absolute Gasteiger partial charge is 0.478 e. The molecule has 0 aliphatic rings. The molecular formula is C12H13F2NO3. The van der Waals surface area contributed by atoms with Gasteiger partial charge in [-0.05, 0) is 18.6 Å². The predicted molar refractivity (Wildman–Crippen MR) is 60.6 cm³/mol. The average Bonchev–Trinajstić information content (AvgIpc) is 2.31. The normalized spacial score (nSPS) is 10.2. The number of hydrogen-bond donors (Lipinski definition) is 1. The van der Waals surface area contributed by atoms with E-state index in [2.05, 4.69) is 0 Å². The number of aromatic carboxylic acids is 1. The van der Waals surface area contributed by atoms with Crippen LogP contribution in [0.15, 0.2) is 12.1 Å². The zero-order valence-corrected chi connectivity index (χ0v) is 10.0. The number of nitrogens with zero attached hydrogens (tertiary/aromatic N) is 1. The summed E-state index contributed by atoms with van der Waals surface area (Å²) in [5.74, 6) is -4.65. The maximum atomic E-state index is 13.1. The molecule has 0 aliphatic carbocycles. The summed E-state index contributed by atoms with van der Waals surface area (Å²) in [6, 6.07) is 1.14. The van der Waals surface area contributed by atoms with E-state index in [1.54, 1.807) is 0 Å². The molecule has 1 amide bonds. The molecule has 1 aromatic rings. The molecule has 0 spiro atoms. The van der Waals surface area contributed by atoms with E-state index >= 15 is 0 Å². The van der Waals surface area contributed by atoms with Crippen LogP contribution in [-0.4, -0.2) is 35.5 Å². The lowest BCUT2D eigenvalue weighted by Gasteiger charge is -2.17. The van der Waals surface area contributed by atoms with E-state index in [1.165, 1.54) is 11.9 Å². The van der Waals surface area contributed by atoms with Crippen molar-refractivity contribution in [3.05, 3.63) is 34.9 Å². The predicted octanol–water partition coefficient (Wildman–Crippen LogP) is 2.15. The first-order chi connectivity index (χ1) is 8.38. The fourth-order valence-electron chi connectivity index (χ4n) is 1.54. The Morgan fingerprint density at radius 3 is 2.17 bits per heavy atom. The minimum Gasteiger partial charge on any atom is -0.478 e. The summed E-state index contributed by atoms with van der Waals surface area (Å²) in [6.45, 7) is 2.24. The van der Waals surface area contributed by atoms with Crippen molar-refractivity contribution >= 4 is 11.9 Å². The van der Waals surface area contributed by atoms with E-state index in [0.29, 0.717) is 25.1 Å². The Balaban J connectivity index is 3.26. The first-order valence-electron chi connectivity index (χ1n) is 5.36. The number of amides is 1. The molecule has 0 unspecified atom stereocenters. The van der Waals surface area contributed by atoms with Gasteiger partial charge < -0.3 is 10.0 Å². The Morgan fingerprint density at radius 2 is 1.72 bits per heavy atom. The van der Waals surface area contributed by atoms with Crippen LogP contribution in [0.3, 0.4) is 0 Å². The molecular weight excluding hydrogens is 244 g/mol. The highest BCUT2D eigenvalue weighted by molar-refractivity contribution is 6.04. The van der Waals surface area contributed by atoms with E-state index in [1.807, 2.05) is 6.92 Å². The molecule has 18 heavy (non-hydrogen) atoms. The fraction of sp³-hybridized carbons (Fsp3) is 0.333. The maximum Gasteiger partial charge on any atom is 0.336 e. The Labute approximate surface area is 103 Å². The van der Waals surface area contributed by atoms with Crippen molar-refractivity contribution in [2.24, 2.45) is 0 Å². The molecule has 98 valence electrons. The molecule has 0 heterocycles. The van der Waals surface area contributed by atoms with Crippen LogP contribution in [0, 0.1) is 11.6 Å². The van der Waals surface area contributed by atoms with E-state index in [-0.39, 0.29) is 5.56 Å². The molecule has 6 heteroatoms. The fourth-order valence-corrected chi connectivity index (χ4v) is 1.54. The lowest BCUT2D eigenvalue weighted by molar-refractivity contribution is 0.0680. The Bertz CT molecular complexity index is 488. The van der Waals surface area contributed by atoms with Gasteiger partial charge in [0.25, 0.3) is 5.91 Å². The molecule has 0 bridgehead atoms. The van der Waals surface area contributed by atoms with Gasteiger partial charge in [0.1, 0.15) is 0 Å². The highest BCUT2D eigenvalue weighted by Gasteiger charge is 2.22. The number of benzene rings is 1. The Hall–Kier alpha value is -1.98. The third-order valence-electron chi connectivity index (χ3n) is 2.43. The molecule has 0 radical (unpaired) electrons. The second-order valence-corrected chi connectivity index (χ2v) is 3.84. The van der Waals surface area contributed by atoms with Crippen LogP contribution in [0.2, 0.25) is 0 Å². The van der Waals surface area contributed by atoms with Crippen LogP contribution in [0.4, 0.5) is 8.78 Å². The Kier molecular flexibility index (Phi) is 4.36. The Morgan fingerprint density at radius 1 is 1.22 bits per heavy atom. The molecule has 4 nitrogen and oxygen atoms in total. The van der Waals surface area contributed by atoms with Gasteiger partial charge >= 0.3 is 5.97 Å². The standard InChI is InChI=1S/C12H13F2NO3/c1-3-4-15(2)11(16)7-5-9(13)10(14)6-8(7)12(17)18/h5-6H,3-4H2,1-2H3,(H,17,18). The minimum atomic E-state index is -1.47. The van der Waals surface area contributed by atoms with Crippen molar-refractivity contribution in [3.8, 4) is 0 Å². The monoisotopic (exact) mass is 257 g/mol. The van der Waals surface area contributed by atoms with Gasteiger partial charge in [0.05, 0.1) is 11.1 Å². The van der Waals surface area contributed by atoms with Gasteiger partial charge in [0.15, 0.2) is 11.6 Å². The van der Waals surface area contributed by atoms with Crippen molar-refractivity contribution < 1.29 is 23.5 Å². The molecule has 0 fully saturated rings. The van der Waals surface area contributed by atoms with Crippen LogP contribution >= 0.6 is 0 Å². The molecule has 1 rings (SSSR count). The zero-order chi connectivity index (χ0) is 13.9. The van der Waals surface area contributed by atoms with Gasteiger partial charge in [-0.3, -0.25) is 4.79 Å². The highest BCUT2D eigenvalue weighted by Crippen LogP contribution is 2.17. The first kappa shape index (κ1) is 14.1. The van der Waals surface area contributed by atoms with E-state index in [9.17, 15) is 18.4 Å². The lowest BCUT2D eigenvalue weighted by atomic mass is 10.1. The first-order valence-corrected chi connectivity index (χ1v) is 5.36. The van der Waals surface area contributed by atoms with Crippen LogP contribution in [0.5, 0.6) is 0 Å². The number of rotatable bonds is 4. The van der Waals surface area contributed by atoms with Crippen molar-refractivity contribution in [1.82, 2.24) is 4.90 Å². The average molecular weight is 257 g/mol. The summed E-state index contributed by atoms with van der Waals surface area (Å²) in [5, 5.41) is 8.88. The minimum absolute atomic E-state index is 0.350. The van der Waals surface area contributed by atoms with Crippen molar-refractivity contribution in [2.75, 3.05) is 13.6 Å². The molecule has 0 atom stereocenters. The number of carboxylic acids is 1. The van der Waals surface area contributed by atoms with Crippen LogP contribution < -0.4 is 0 Å². The summed E-state index contributed by atoms with van der Waals surface area (Å²) in [5.41, 5.74) is -0.890. The summed E-state index contributed by atoms with van der Waals surface area (Å²) < 4.78 is 26.1. The second kappa shape index (κ2) is 5.57.